The lowest BCUT2D eigenvalue weighted by atomic mass is 10.2. The van der Waals surface area contributed by atoms with Crippen molar-refractivity contribution in [2.24, 2.45) is 5.73 Å². The maximum absolute atomic E-state index is 5.50. The Bertz CT molecular complexity index is 66.1. The van der Waals surface area contributed by atoms with Gasteiger partial charge in [0.25, 0.3) is 0 Å². The number of nitrogens with one attached hydrogen (secondary N) is 2. The van der Waals surface area contributed by atoms with Crippen molar-refractivity contribution in [1.82, 2.24) is 10.6 Å². The lowest BCUT2D eigenvalue weighted by Gasteiger charge is -2.26. The molecule has 8 heavy (non-hydrogen) atoms. The van der Waals surface area contributed by atoms with E-state index in [1.54, 1.807) is 0 Å². The SMILES string of the molecule is CC1CCNC(N)N1. The summed E-state index contributed by atoms with van der Waals surface area (Å²) in [7, 11) is 0. The summed E-state index contributed by atoms with van der Waals surface area (Å²) < 4.78 is 0. The van der Waals surface area contributed by atoms with E-state index in [1.165, 1.54) is 6.42 Å². The van der Waals surface area contributed by atoms with E-state index < -0.39 is 0 Å². The molecule has 1 heterocycles. The second-order valence-electron chi connectivity index (χ2n) is 2.29. The molecule has 1 aliphatic rings. The Morgan fingerprint density at radius 3 is 2.75 bits per heavy atom. The molecule has 48 valence electrons. The van der Waals surface area contributed by atoms with Gasteiger partial charge >= 0.3 is 0 Å². The van der Waals surface area contributed by atoms with Crippen molar-refractivity contribution in [1.29, 1.82) is 0 Å². The summed E-state index contributed by atoms with van der Waals surface area (Å²) in [6.07, 6.45) is 1.19. The number of nitrogens with two attached hydrogens (primary N) is 1. The average Bonchev–Trinajstić information content (AvgIpc) is 1.64. The molecule has 3 heteroatoms. The second kappa shape index (κ2) is 2.44. The number of hydrogen-bond donors (Lipinski definition) is 3. The van der Waals surface area contributed by atoms with Crippen molar-refractivity contribution in [2.75, 3.05) is 6.54 Å². The van der Waals surface area contributed by atoms with E-state index >= 15 is 0 Å². The fourth-order valence-electron chi connectivity index (χ4n) is 0.904. The van der Waals surface area contributed by atoms with Gasteiger partial charge in [0, 0.05) is 6.04 Å². The van der Waals surface area contributed by atoms with Gasteiger partial charge in [0.05, 0.1) is 0 Å². The Morgan fingerprint density at radius 1 is 1.62 bits per heavy atom. The molecule has 0 aromatic carbocycles. The number of rotatable bonds is 0. The molecule has 0 aliphatic carbocycles. The van der Waals surface area contributed by atoms with Crippen molar-refractivity contribution in [3.05, 3.63) is 0 Å². The van der Waals surface area contributed by atoms with Crippen LogP contribution in [0.5, 0.6) is 0 Å². The first-order valence-electron chi connectivity index (χ1n) is 3.04. The van der Waals surface area contributed by atoms with Gasteiger partial charge < -0.3 is 5.73 Å². The van der Waals surface area contributed by atoms with E-state index in [-0.39, 0.29) is 6.29 Å². The van der Waals surface area contributed by atoms with Gasteiger partial charge in [-0.2, -0.15) is 0 Å². The smallest absolute Gasteiger partial charge is 0.109 e. The molecule has 2 atom stereocenters. The van der Waals surface area contributed by atoms with Gasteiger partial charge in [-0.1, -0.05) is 0 Å². The van der Waals surface area contributed by atoms with Crippen LogP contribution in [-0.4, -0.2) is 18.9 Å². The molecule has 0 aromatic heterocycles. The van der Waals surface area contributed by atoms with Crippen molar-refractivity contribution < 1.29 is 0 Å². The Balaban J connectivity index is 2.23. The van der Waals surface area contributed by atoms with E-state index in [2.05, 4.69) is 17.6 Å². The Hall–Kier alpha value is -0.120. The minimum atomic E-state index is 0.0127. The molecule has 0 aromatic rings. The highest BCUT2D eigenvalue weighted by Gasteiger charge is 2.11. The maximum Gasteiger partial charge on any atom is 0.109 e. The maximum atomic E-state index is 5.50. The van der Waals surface area contributed by atoms with Crippen LogP contribution in [-0.2, 0) is 0 Å². The zero-order valence-electron chi connectivity index (χ0n) is 5.15. The van der Waals surface area contributed by atoms with Gasteiger partial charge in [0.15, 0.2) is 0 Å². The molecule has 0 bridgehead atoms. The second-order valence-corrected chi connectivity index (χ2v) is 2.29. The van der Waals surface area contributed by atoms with Gasteiger partial charge in [0.2, 0.25) is 0 Å². The summed E-state index contributed by atoms with van der Waals surface area (Å²) in [6, 6.07) is 0.575. The summed E-state index contributed by atoms with van der Waals surface area (Å²) in [5.74, 6) is 0. The first-order chi connectivity index (χ1) is 3.79. The lowest BCUT2D eigenvalue weighted by molar-refractivity contribution is 0.319. The third-order valence-corrected chi connectivity index (χ3v) is 1.41. The molecule has 0 radical (unpaired) electrons. The highest BCUT2D eigenvalue weighted by Crippen LogP contribution is 1.92. The van der Waals surface area contributed by atoms with Crippen LogP contribution in [0.3, 0.4) is 0 Å². The minimum Gasteiger partial charge on any atom is -0.304 e. The van der Waals surface area contributed by atoms with E-state index in [0.717, 1.165) is 6.54 Å². The molecule has 1 rings (SSSR count). The molecule has 1 aliphatic heterocycles. The molecule has 1 saturated heterocycles. The molecule has 0 amide bonds. The first kappa shape index (κ1) is 6.01. The average molecular weight is 115 g/mol. The first-order valence-corrected chi connectivity index (χ1v) is 3.04. The minimum absolute atomic E-state index is 0.0127. The molecular formula is C5H13N3. The van der Waals surface area contributed by atoms with Crippen LogP contribution in [0.25, 0.3) is 0 Å². The highest BCUT2D eigenvalue weighted by molar-refractivity contribution is 4.71. The fraction of sp³-hybridized carbons (Fsp3) is 1.00. The monoisotopic (exact) mass is 115 g/mol. The van der Waals surface area contributed by atoms with Crippen molar-refractivity contribution in [3.8, 4) is 0 Å². The van der Waals surface area contributed by atoms with Crippen LogP contribution in [0.1, 0.15) is 13.3 Å². The number of hydrogen-bond acceptors (Lipinski definition) is 3. The lowest BCUT2D eigenvalue weighted by Crippen LogP contribution is -2.57. The molecular weight excluding hydrogens is 102 g/mol. The summed E-state index contributed by atoms with van der Waals surface area (Å²) >= 11 is 0. The van der Waals surface area contributed by atoms with Gasteiger partial charge in [-0.25, -0.2) is 0 Å². The molecule has 3 nitrogen and oxygen atoms in total. The zero-order chi connectivity index (χ0) is 5.98. The van der Waals surface area contributed by atoms with E-state index in [9.17, 15) is 0 Å². The van der Waals surface area contributed by atoms with Crippen LogP contribution in [0.15, 0.2) is 0 Å². The van der Waals surface area contributed by atoms with E-state index in [0.29, 0.717) is 6.04 Å². The van der Waals surface area contributed by atoms with Crippen LogP contribution >= 0.6 is 0 Å². The topological polar surface area (TPSA) is 50.1 Å². The molecule has 1 fully saturated rings. The standard InChI is InChI=1S/C5H13N3/c1-4-2-3-7-5(6)8-4/h4-5,7-8H,2-3,6H2,1H3. The Kier molecular flexibility index (Phi) is 1.83. The van der Waals surface area contributed by atoms with Crippen LogP contribution in [0.2, 0.25) is 0 Å². The summed E-state index contributed by atoms with van der Waals surface area (Å²) in [5.41, 5.74) is 5.50. The summed E-state index contributed by atoms with van der Waals surface area (Å²) in [4.78, 5) is 0. The van der Waals surface area contributed by atoms with Gasteiger partial charge in [-0.05, 0) is 19.9 Å². The molecule has 4 N–H and O–H groups in total. The van der Waals surface area contributed by atoms with Crippen LogP contribution in [0, 0.1) is 0 Å². The predicted molar refractivity (Wildman–Crippen MR) is 33.2 cm³/mol. The normalized spacial score (nSPS) is 39.8. The fourth-order valence-corrected chi connectivity index (χ4v) is 0.904. The van der Waals surface area contributed by atoms with Crippen molar-refractivity contribution in [3.63, 3.8) is 0 Å². The van der Waals surface area contributed by atoms with Gasteiger partial charge in [0.1, 0.15) is 6.29 Å². The third-order valence-electron chi connectivity index (χ3n) is 1.41. The van der Waals surface area contributed by atoms with Crippen molar-refractivity contribution >= 4 is 0 Å². The van der Waals surface area contributed by atoms with Crippen LogP contribution in [0.4, 0.5) is 0 Å². The molecule has 0 spiro atoms. The largest absolute Gasteiger partial charge is 0.304 e. The van der Waals surface area contributed by atoms with E-state index in [4.69, 9.17) is 5.73 Å². The van der Waals surface area contributed by atoms with E-state index in [1.807, 2.05) is 0 Å². The van der Waals surface area contributed by atoms with Gasteiger partial charge in [-0.3, -0.25) is 10.6 Å². The molecule has 0 saturated carbocycles. The molecule has 2 unspecified atom stereocenters. The predicted octanol–water partition coefficient (Wildman–Crippen LogP) is -0.800. The van der Waals surface area contributed by atoms with Crippen molar-refractivity contribution in [2.45, 2.75) is 25.7 Å². The zero-order valence-corrected chi connectivity index (χ0v) is 5.15. The Morgan fingerprint density at radius 2 is 2.38 bits per heavy atom. The van der Waals surface area contributed by atoms with Crippen LogP contribution < -0.4 is 16.4 Å². The third kappa shape index (κ3) is 1.43. The highest BCUT2D eigenvalue weighted by atomic mass is 15.2. The summed E-state index contributed by atoms with van der Waals surface area (Å²) in [6.45, 7) is 3.18. The quantitative estimate of drug-likeness (QED) is 0.387. The Labute approximate surface area is 49.6 Å². The van der Waals surface area contributed by atoms with Gasteiger partial charge in [-0.15, -0.1) is 0 Å². The summed E-state index contributed by atoms with van der Waals surface area (Å²) in [5, 5.41) is 6.22.